The molecule has 0 radical (unpaired) electrons. The fraction of sp³-hybridized carbons (Fsp3) is 0.286. The van der Waals surface area contributed by atoms with E-state index in [4.69, 9.17) is 26.2 Å². The summed E-state index contributed by atoms with van der Waals surface area (Å²) in [6, 6.07) is 5.23. The van der Waals surface area contributed by atoms with Crippen molar-refractivity contribution in [2.75, 3.05) is 29.0 Å². The van der Waals surface area contributed by atoms with Gasteiger partial charge in [-0.1, -0.05) is 6.92 Å². The van der Waals surface area contributed by atoms with Gasteiger partial charge in [0.25, 0.3) is 0 Å². The molecular formula is C28H26FN7O2S. The lowest BCUT2D eigenvalue weighted by molar-refractivity contribution is -0.104. The number of hydrogen-bond acceptors (Lipinski definition) is 10. The summed E-state index contributed by atoms with van der Waals surface area (Å²) in [4.78, 5) is 23.6. The number of fused-ring (bicyclic) bond motifs is 4. The van der Waals surface area contributed by atoms with Crippen LogP contribution < -0.4 is 21.7 Å². The van der Waals surface area contributed by atoms with E-state index in [1.165, 1.54) is 23.6 Å². The number of thiophene rings is 1. The van der Waals surface area contributed by atoms with Gasteiger partial charge in [-0.15, -0.1) is 11.3 Å². The van der Waals surface area contributed by atoms with Crippen LogP contribution in [0.4, 0.5) is 21.2 Å². The number of hydrogen-bond donors (Lipinski definition) is 3. The highest BCUT2D eigenvalue weighted by atomic mass is 32.1. The maximum Gasteiger partial charge on any atom is 0.227 e. The van der Waals surface area contributed by atoms with Crippen molar-refractivity contribution in [1.82, 2.24) is 9.97 Å². The first kappa shape index (κ1) is 25.0. The predicted octanol–water partition coefficient (Wildman–Crippen LogP) is 4.70. The van der Waals surface area contributed by atoms with Gasteiger partial charge in [0.1, 0.15) is 22.7 Å². The molecule has 39 heavy (non-hydrogen) atoms. The number of nitrogens with two attached hydrogens (primary N) is 2. The number of aryl methyl sites for hydroxylation is 1. The number of nitrogen functional groups attached to an aromatic ring is 1. The van der Waals surface area contributed by atoms with Gasteiger partial charge in [-0.3, -0.25) is 4.79 Å². The molecule has 4 heterocycles. The molecular weight excluding hydrogens is 517 g/mol. The normalized spacial score (nSPS) is 17.1. The van der Waals surface area contributed by atoms with Crippen molar-refractivity contribution in [3.8, 4) is 17.2 Å². The molecule has 1 saturated heterocycles. The van der Waals surface area contributed by atoms with Crippen molar-refractivity contribution in [1.29, 1.82) is 5.26 Å². The quantitative estimate of drug-likeness (QED) is 0.241. The first-order valence-electron chi connectivity index (χ1n) is 12.6. The molecule has 1 unspecified atom stereocenters. The second kappa shape index (κ2) is 9.48. The van der Waals surface area contributed by atoms with Crippen molar-refractivity contribution in [3.63, 3.8) is 0 Å². The van der Waals surface area contributed by atoms with Crippen LogP contribution in [0.1, 0.15) is 35.6 Å². The molecule has 198 valence electrons. The number of rotatable bonds is 5. The Morgan fingerprint density at radius 1 is 1.28 bits per heavy atom. The molecule has 2 aliphatic heterocycles. The number of ether oxygens (including phenoxy) is 1. The summed E-state index contributed by atoms with van der Waals surface area (Å²) < 4.78 is 22.4. The van der Waals surface area contributed by atoms with Crippen LogP contribution in [0.5, 0.6) is 0 Å². The number of nitrogens with zero attached hydrogens (tertiary/aromatic N) is 4. The zero-order valence-corrected chi connectivity index (χ0v) is 22.3. The number of nitrogens with one attached hydrogen (secondary N) is 1. The van der Waals surface area contributed by atoms with E-state index in [1.807, 2.05) is 6.92 Å². The van der Waals surface area contributed by atoms with E-state index < -0.39 is 5.82 Å². The summed E-state index contributed by atoms with van der Waals surface area (Å²) in [5.41, 5.74) is 16.2. The molecule has 2 aromatic heterocycles. The molecule has 6 rings (SSSR count). The van der Waals surface area contributed by atoms with Crippen LogP contribution >= 0.6 is 11.3 Å². The van der Waals surface area contributed by atoms with Gasteiger partial charge in [-0.25, -0.2) is 9.37 Å². The topological polar surface area (TPSA) is 143 Å². The number of carbonyl (C=O) groups is 1. The summed E-state index contributed by atoms with van der Waals surface area (Å²) in [6.07, 6.45) is 2.83. The zero-order chi connectivity index (χ0) is 27.4. The lowest BCUT2D eigenvalue weighted by atomic mass is 9.87. The van der Waals surface area contributed by atoms with Crippen molar-refractivity contribution in [3.05, 3.63) is 52.1 Å². The third-order valence-corrected chi connectivity index (χ3v) is 8.54. The van der Waals surface area contributed by atoms with Crippen molar-refractivity contribution in [2.24, 2.45) is 11.7 Å². The molecule has 1 fully saturated rings. The molecule has 2 aromatic carbocycles. The second-order valence-corrected chi connectivity index (χ2v) is 11.1. The van der Waals surface area contributed by atoms with Crippen LogP contribution in [0.25, 0.3) is 32.1 Å². The Hall–Kier alpha value is -4.27. The summed E-state index contributed by atoms with van der Waals surface area (Å²) in [6.45, 7) is 6.17. The number of allylic oxidation sites excluding steroid dienone is 1. The average Bonchev–Trinajstić information content (AvgIpc) is 3.66. The highest BCUT2D eigenvalue weighted by molar-refractivity contribution is 7.23. The molecule has 0 spiro atoms. The highest BCUT2D eigenvalue weighted by Crippen LogP contribution is 2.48. The maximum absolute atomic E-state index is 15.8. The largest absolute Gasteiger partial charge is 0.403 e. The van der Waals surface area contributed by atoms with Crippen LogP contribution in [0.15, 0.2) is 24.0 Å². The van der Waals surface area contributed by atoms with Gasteiger partial charge in [-0.05, 0) is 53.6 Å². The molecule has 5 N–H and O–H groups in total. The minimum absolute atomic E-state index is 0.161. The van der Waals surface area contributed by atoms with E-state index >= 15 is 4.39 Å². The highest BCUT2D eigenvalue weighted by Gasteiger charge is 2.31. The number of halogens is 1. The third-order valence-electron chi connectivity index (χ3n) is 7.56. The first-order chi connectivity index (χ1) is 18.9. The fourth-order valence-corrected chi connectivity index (χ4v) is 6.63. The van der Waals surface area contributed by atoms with Gasteiger partial charge in [0.15, 0.2) is 6.29 Å². The van der Waals surface area contributed by atoms with Crippen molar-refractivity contribution < 1.29 is 13.9 Å². The van der Waals surface area contributed by atoms with Gasteiger partial charge < -0.3 is 26.4 Å². The number of nitriles is 1. The number of benzene rings is 2. The van der Waals surface area contributed by atoms with Crippen LogP contribution in [0.2, 0.25) is 0 Å². The van der Waals surface area contributed by atoms with Crippen LogP contribution in [-0.4, -0.2) is 29.3 Å². The zero-order valence-electron chi connectivity index (χ0n) is 21.5. The Morgan fingerprint density at radius 3 is 2.77 bits per heavy atom. The first-order valence-corrected chi connectivity index (χ1v) is 13.4. The SMILES string of the molecule is Cc1c(-c2c(F)ccc3sc(N)c(C#N)c23)c2c(c3c(N/C(C=O)=C/N)nc(N4CCC(C)C4)nc13)COC2. The third kappa shape index (κ3) is 3.87. The Morgan fingerprint density at radius 2 is 2.08 bits per heavy atom. The number of anilines is 3. The van der Waals surface area contributed by atoms with Crippen LogP contribution in [0.3, 0.4) is 0 Å². The fourth-order valence-electron chi connectivity index (χ4n) is 5.70. The minimum atomic E-state index is -0.455. The Balaban J connectivity index is 1.72. The van der Waals surface area contributed by atoms with Crippen LogP contribution in [0, 0.1) is 30.0 Å². The van der Waals surface area contributed by atoms with Gasteiger partial charge in [-0.2, -0.15) is 10.2 Å². The van der Waals surface area contributed by atoms with E-state index in [0.717, 1.165) is 40.9 Å². The Labute approximate surface area is 227 Å². The molecule has 0 saturated carbocycles. The molecule has 11 heteroatoms. The Bertz CT molecular complexity index is 1760. The molecule has 9 nitrogen and oxygen atoms in total. The van der Waals surface area contributed by atoms with Gasteiger partial charge in [0.05, 0.1) is 30.0 Å². The number of carbonyl (C=O) groups excluding carboxylic acids is 1. The summed E-state index contributed by atoms with van der Waals surface area (Å²) in [7, 11) is 0. The van der Waals surface area contributed by atoms with E-state index in [2.05, 4.69) is 23.2 Å². The number of aldehydes is 1. The van der Waals surface area contributed by atoms with Crippen LogP contribution in [-0.2, 0) is 22.7 Å². The lowest BCUT2D eigenvalue weighted by Gasteiger charge is -2.22. The van der Waals surface area contributed by atoms with Crippen molar-refractivity contribution >= 4 is 55.4 Å². The minimum Gasteiger partial charge on any atom is -0.403 e. The molecule has 0 amide bonds. The molecule has 1 atom stereocenters. The van der Waals surface area contributed by atoms with Gasteiger partial charge in [0.2, 0.25) is 5.95 Å². The standard InChI is InChI=1S/C28H26FN7O2S/c1-13-5-6-36(9-13)28-34-25-14(2)21(24-19(29)3-4-20-22(24)16(8-31)26(32)39-20)17-11-38-12-18(17)23(25)27(35-28)33-15(7-30)10-37/h3-4,7,10,13H,5-6,9,11-12,30,32H2,1-2H3,(H,33,34,35)/b15-7+. The van der Waals surface area contributed by atoms with E-state index in [1.54, 1.807) is 6.07 Å². The van der Waals surface area contributed by atoms with E-state index in [-0.39, 0.29) is 24.5 Å². The van der Waals surface area contributed by atoms with E-state index in [0.29, 0.717) is 56.4 Å². The maximum atomic E-state index is 15.8. The molecule has 0 bridgehead atoms. The predicted molar refractivity (Wildman–Crippen MR) is 151 cm³/mol. The van der Waals surface area contributed by atoms with Gasteiger partial charge in [0, 0.05) is 40.3 Å². The number of aromatic nitrogens is 2. The molecule has 2 aliphatic rings. The summed E-state index contributed by atoms with van der Waals surface area (Å²) in [5, 5.41) is 14.5. The molecule has 4 aromatic rings. The second-order valence-electron chi connectivity index (χ2n) is 10.00. The lowest BCUT2D eigenvalue weighted by Crippen LogP contribution is -2.22. The summed E-state index contributed by atoms with van der Waals surface area (Å²) >= 11 is 1.26. The average molecular weight is 544 g/mol. The van der Waals surface area contributed by atoms with Gasteiger partial charge >= 0.3 is 0 Å². The Kier molecular flexibility index (Phi) is 6.09. The van der Waals surface area contributed by atoms with E-state index in [9.17, 15) is 10.1 Å². The summed E-state index contributed by atoms with van der Waals surface area (Å²) in [5.74, 6) is 0.982. The smallest absolute Gasteiger partial charge is 0.227 e. The monoisotopic (exact) mass is 543 g/mol. The molecule has 0 aliphatic carbocycles. The van der Waals surface area contributed by atoms with Crippen molar-refractivity contribution in [2.45, 2.75) is 33.5 Å².